The lowest BCUT2D eigenvalue weighted by Gasteiger charge is -2.27. The summed E-state index contributed by atoms with van der Waals surface area (Å²) < 4.78 is 1.94. The summed E-state index contributed by atoms with van der Waals surface area (Å²) in [5, 5.41) is 5.00. The third kappa shape index (κ3) is 3.46. The quantitative estimate of drug-likeness (QED) is 0.564. The van der Waals surface area contributed by atoms with E-state index in [4.69, 9.17) is 17.4 Å². The molecule has 1 aromatic heterocycles. The van der Waals surface area contributed by atoms with Crippen LogP contribution in [0.1, 0.15) is 58.2 Å². The van der Waals surface area contributed by atoms with Crippen LogP contribution in [-0.4, -0.2) is 9.78 Å². The first-order valence-electron chi connectivity index (χ1n) is 6.86. The van der Waals surface area contributed by atoms with E-state index >= 15 is 0 Å². The van der Waals surface area contributed by atoms with Gasteiger partial charge in [0.15, 0.2) is 0 Å². The zero-order chi connectivity index (χ0) is 13.5. The summed E-state index contributed by atoms with van der Waals surface area (Å²) in [6.45, 7) is 7.28. The lowest BCUT2D eigenvalue weighted by Crippen LogP contribution is -2.35. The lowest BCUT2D eigenvalue weighted by molar-refractivity contribution is 0.304. The largest absolute Gasteiger partial charge is 0.271 e. The third-order valence-electron chi connectivity index (χ3n) is 3.40. The van der Waals surface area contributed by atoms with Gasteiger partial charge in [0.1, 0.15) is 0 Å². The monoisotopic (exact) mass is 272 g/mol. The maximum Gasteiger partial charge on any atom is 0.0834 e. The van der Waals surface area contributed by atoms with Crippen molar-refractivity contribution >= 4 is 11.6 Å². The zero-order valence-corrected chi connectivity index (χ0v) is 12.4. The number of hydrazine groups is 1. The number of nitrogens with zero attached hydrogens (tertiary/aromatic N) is 2. The molecule has 0 bridgehead atoms. The topological polar surface area (TPSA) is 55.9 Å². The molecule has 0 fully saturated rings. The zero-order valence-electron chi connectivity index (χ0n) is 11.6. The Morgan fingerprint density at radius 2 is 1.94 bits per heavy atom. The van der Waals surface area contributed by atoms with E-state index in [2.05, 4.69) is 31.3 Å². The molecule has 18 heavy (non-hydrogen) atoms. The fourth-order valence-corrected chi connectivity index (χ4v) is 2.85. The van der Waals surface area contributed by atoms with Crippen LogP contribution in [0.2, 0.25) is 5.02 Å². The number of nitrogens with two attached hydrogens (primary N) is 1. The number of rotatable bonds is 8. The number of hydrogen-bond acceptors (Lipinski definition) is 3. The summed E-state index contributed by atoms with van der Waals surface area (Å²) in [4.78, 5) is 0. The van der Waals surface area contributed by atoms with Gasteiger partial charge in [0.05, 0.1) is 23.0 Å². The van der Waals surface area contributed by atoms with Crippen molar-refractivity contribution in [3.8, 4) is 0 Å². The molecule has 0 spiro atoms. The fraction of sp³-hybridized carbons (Fsp3) is 0.769. The Balaban J connectivity index is 3.01. The van der Waals surface area contributed by atoms with Gasteiger partial charge in [-0.2, -0.15) is 5.10 Å². The van der Waals surface area contributed by atoms with Gasteiger partial charge in [-0.1, -0.05) is 38.3 Å². The standard InChI is InChI=1S/C13H25ClN4/c1-4-7-10(8-5-2)12(17-15)13-11(14)9-16-18(13)6-3/h9-10,12,17H,4-8,15H2,1-3H3. The van der Waals surface area contributed by atoms with Crippen LogP contribution >= 0.6 is 11.6 Å². The SMILES string of the molecule is CCCC(CCC)C(NN)c1c(Cl)cnn1CC. The smallest absolute Gasteiger partial charge is 0.0834 e. The van der Waals surface area contributed by atoms with Gasteiger partial charge in [-0.05, 0) is 25.7 Å². The van der Waals surface area contributed by atoms with E-state index in [1.807, 2.05) is 4.68 Å². The average Bonchev–Trinajstić information content (AvgIpc) is 2.73. The first kappa shape index (κ1) is 15.5. The van der Waals surface area contributed by atoms with E-state index in [1.165, 1.54) is 0 Å². The van der Waals surface area contributed by atoms with Crippen LogP contribution in [0.5, 0.6) is 0 Å². The number of halogens is 1. The molecule has 0 aromatic carbocycles. The summed E-state index contributed by atoms with van der Waals surface area (Å²) in [7, 11) is 0. The molecule has 1 heterocycles. The van der Waals surface area contributed by atoms with Crippen molar-refractivity contribution in [2.45, 2.75) is 59.0 Å². The normalized spacial score (nSPS) is 13.2. The number of hydrogen-bond donors (Lipinski definition) is 2. The molecule has 5 heteroatoms. The molecular formula is C13H25ClN4. The van der Waals surface area contributed by atoms with Gasteiger partial charge in [-0.25, -0.2) is 0 Å². The molecule has 3 N–H and O–H groups in total. The minimum absolute atomic E-state index is 0.0832. The number of aryl methyl sites for hydroxylation is 1. The summed E-state index contributed by atoms with van der Waals surface area (Å²) in [5.74, 6) is 6.27. The summed E-state index contributed by atoms with van der Waals surface area (Å²) >= 11 is 6.26. The van der Waals surface area contributed by atoms with Gasteiger partial charge in [-0.15, -0.1) is 0 Å². The Morgan fingerprint density at radius 3 is 2.39 bits per heavy atom. The van der Waals surface area contributed by atoms with Crippen molar-refractivity contribution in [2.24, 2.45) is 11.8 Å². The minimum Gasteiger partial charge on any atom is -0.271 e. The second-order valence-electron chi connectivity index (χ2n) is 4.68. The molecule has 4 nitrogen and oxygen atoms in total. The molecule has 0 aliphatic heterocycles. The number of nitrogens with one attached hydrogen (secondary N) is 1. The van der Waals surface area contributed by atoms with E-state index in [-0.39, 0.29) is 6.04 Å². The van der Waals surface area contributed by atoms with E-state index < -0.39 is 0 Å². The molecule has 0 aliphatic rings. The van der Waals surface area contributed by atoms with Crippen molar-refractivity contribution in [1.82, 2.24) is 15.2 Å². The van der Waals surface area contributed by atoms with Gasteiger partial charge in [0.25, 0.3) is 0 Å². The molecule has 0 saturated heterocycles. The van der Waals surface area contributed by atoms with Crippen LogP contribution in [0.25, 0.3) is 0 Å². The lowest BCUT2D eigenvalue weighted by atomic mass is 9.89. The molecule has 0 radical (unpaired) electrons. The van der Waals surface area contributed by atoms with E-state index in [0.29, 0.717) is 10.9 Å². The predicted molar refractivity (Wildman–Crippen MR) is 76.3 cm³/mol. The summed E-state index contributed by atoms with van der Waals surface area (Å²) in [6.07, 6.45) is 6.31. The third-order valence-corrected chi connectivity index (χ3v) is 3.69. The summed E-state index contributed by atoms with van der Waals surface area (Å²) in [6, 6.07) is 0.0832. The molecule has 0 amide bonds. The Bertz CT molecular complexity index is 345. The maximum absolute atomic E-state index is 6.26. The molecular weight excluding hydrogens is 248 g/mol. The highest BCUT2D eigenvalue weighted by Crippen LogP contribution is 2.33. The van der Waals surface area contributed by atoms with Crippen molar-refractivity contribution in [1.29, 1.82) is 0 Å². The van der Waals surface area contributed by atoms with Gasteiger partial charge in [0, 0.05) is 6.54 Å². The Hall–Kier alpha value is -0.580. The van der Waals surface area contributed by atoms with E-state index in [9.17, 15) is 0 Å². The highest BCUT2D eigenvalue weighted by atomic mass is 35.5. The first-order chi connectivity index (χ1) is 8.69. The molecule has 1 rings (SSSR count). The van der Waals surface area contributed by atoms with Crippen LogP contribution in [0.3, 0.4) is 0 Å². The van der Waals surface area contributed by atoms with Gasteiger partial charge < -0.3 is 0 Å². The van der Waals surface area contributed by atoms with Crippen molar-refractivity contribution < 1.29 is 0 Å². The number of aromatic nitrogens is 2. The molecule has 1 aromatic rings. The van der Waals surface area contributed by atoms with Gasteiger partial charge >= 0.3 is 0 Å². The highest BCUT2D eigenvalue weighted by molar-refractivity contribution is 6.31. The Morgan fingerprint density at radius 1 is 1.33 bits per heavy atom. The second-order valence-corrected chi connectivity index (χ2v) is 5.08. The van der Waals surface area contributed by atoms with Crippen LogP contribution < -0.4 is 11.3 Å². The molecule has 0 saturated carbocycles. The molecule has 104 valence electrons. The van der Waals surface area contributed by atoms with Crippen LogP contribution in [0, 0.1) is 5.92 Å². The average molecular weight is 273 g/mol. The van der Waals surface area contributed by atoms with Crippen LogP contribution in [0.4, 0.5) is 0 Å². The van der Waals surface area contributed by atoms with E-state index in [1.54, 1.807) is 6.20 Å². The van der Waals surface area contributed by atoms with Gasteiger partial charge in [-0.3, -0.25) is 16.0 Å². The van der Waals surface area contributed by atoms with Crippen LogP contribution in [-0.2, 0) is 6.54 Å². The minimum atomic E-state index is 0.0832. The van der Waals surface area contributed by atoms with Crippen LogP contribution in [0.15, 0.2) is 6.20 Å². The van der Waals surface area contributed by atoms with Crippen molar-refractivity contribution in [2.75, 3.05) is 0 Å². The van der Waals surface area contributed by atoms with Gasteiger partial charge in [0.2, 0.25) is 0 Å². The molecule has 0 aliphatic carbocycles. The predicted octanol–water partition coefficient (Wildman–Crippen LogP) is 3.28. The Kier molecular flexibility index (Phi) is 6.68. The Labute approximate surface area is 115 Å². The first-order valence-corrected chi connectivity index (χ1v) is 7.24. The molecule has 1 atom stereocenters. The highest BCUT2D eigenvalue weighted by Gasteiger charge is 2.26. The second kappa shape index (κ2) is 7.77. The summed E-state index contributed by atoms with van der Waals surface area (Å²) in [5.41, 5.74) is 3.97. The van der Waals surface area contributed by atoms with Crippen molar-refractivity contribution in [3.05, 3.63) is 16.9 Å². The maximum atomic E-state index is 6.26. The van der Waals surface area contributed by atoms with Crippen molar-refractivity contribution in [3.63, 3.8) is 0 Å². The van der Waals surface area contributed by atoms with E-state index in [0.717, 1.165) is 37.9 Å². The molecule has 1 unspecified atom stereocenters. The fourth-order valence-electron chi connectivity index (χ4n) is 2.59.